The molecule has 3 saturated carbocycles. The van der Waals surface area contributed by atoms with Crippen LogP contribution < -0.4 is 29.6 Å². The van der Waals surface area contributed by atoms with Crippen molar-refractivity contribution in [2.45, 2.75) is 37.0 Å². The zero-order valence-corrected chi connectivity index (χ0v) is 11.1. The van der Waals surface area contributed by atoms with E-state index in [1.54, 1.807) is 0 Å². The van der Waals surface area contributed by atoms with Gasteiger partial charge in [0.25, 0.3) is 0 Å². The second-order valence-corrected chi connectivity index (χ2v) is 5.84. The summed E-state index contributed by atoms with van der Waals surface area (Å²) in [6.07, 6.45) is 3.44. The molecule has 4 nitrogen and oxygen atoms in total. The summed E-state index contributed by atoms with van der Waals surface area (Å²) in [5.41, 5.74) is 0. The van der Waals surface area contributed by atoms with Gasteiger partial charge in [-0.25, -0.2) is 8.42 Å². The van der Waals surface area contributed by atoms with E-state index in [-0.39, 0.29) is 47.8 Å². The minimum absolute atomic E-state index is 0. The largest absolute Gasteiger partial charge is 1.00 e. The molecule has 0 aromatic rings. The van der Waals surface area contributed by atoms with Gasteiger partial charge in [-0.05, 0) is 38.0 Å². The van der Waals surface area contributed by atoms with Crippen molar-refractivity contribution in [2.75, 3.05) is 0 Å². The van der Waals surface area contributed by atoms with Crippen LogP contribution in [0.25, 0.3) is 0 Å². The number of aliphatic hydroxyl groups is 1. The third-order valence-electron chi connectivity index (χ3n) is 3.50. The molecule has 3 aliphatic carbocycles. The zero-order valence-electron chi connectivity index (χ0n) is 8.27. The van der Waals surface area contributed by atoms with Crippen molar-refractivity contribution in [1.82, 2.24) is 0 Å². The van der Waals surface area contributed by atoms with E-state index in [1.165, 1.54) is 0 Å². The van der Waals surface area contributed by atoms with Gasteiger partial charge in [0.05, 0.1) is 0 Å². The normalized spacial score (nSPS) is 41.9. The van der Waals surface area contributed by atoms with Crippen LogP contribution in [-0.2, 0) is 10.1 Å². The predicted molar refractivity (Wildman–Crippen MR) is 44.7 cm³/mol. The van der Waals surface area contributed by atoms with E-state index in [9.17, 15) is 18.1 Å². The van der Waals surface area contributed by atoms with Gasteiger partial charge in [0.1, 0.15) is 10.1 Å². The Kier molecular flexibility index (Phi) is 3.73. The molecule has 0 heterocycles. The molecule has 1 N–H and O–H groups in total. The van der Waals surface area contributed by atoms with Crippen molar-refractivity contribution < 1.29 is 47.6 Å². The molecule has 3 aliphatic rings. The molecule has 6 heteroatoms. The third-order valence-corrected chi connectivity index (χ3v) is 4.86. The molecule has 1 atom stereocenters. The molecular weight excluding hydrogens is 215 g/mol. The van der Waals surface area contributed by atoms with Crippen molar-refractivity contribution in [3.8, 4) is 0 Å². The number of hydrogen-bond acceptors (Lipinski definition) is 4. The van der Waals surface area contributed by atoms with Crippen molar-refractivity contribution >= 4 is 10.1 Å². The smallest absolute Gasteiger partial charge is 0.746 e. The number of hydrogen-bond donors (Lipinski definition) is 1. The molecule has 76 valence electrons. The fraction of sp³-hybridized carbons (Fsp3) is 1.00. The van der Waals surface area contributed by atoms with Gasteiger partial charge < -0.3 is 9.66 Å². The van der Waals surface area contributed by atoms with E-state index in [0.29, 0.717) is 12.8 Å². The average molecular weight is 228 g/mol. The standard InChI is InChI=1S/C8H14O4S.Na/c9-8(13(10,11)12)5-6-1-3-7(8)4-2-6;/h6-7,9H,1-5H2,(H,10,11,12);/q;+1/p-1. The van der Waals surface area contributed by atoms with Gasteiger partial charge in [-0.3, -0.25) is 0 Å². The molecule has 14 heavy (non-hydrogen) atoms. The molecule has 0 aliphatic heterocycles. The Morgan fingerprint density at radius 1 is 1.21 bits per heavy atom. The van der Waals surface area contributed by atoms with Gasteiger partial charge in [0.15, 0.2) is 4.93 Å². The fourth-order valence-corrected chi connectivity index (χ4v) is 3.79. The maximum Gasteiger partial charge on any atom is 1.00 e. The van der Waals surface area contributed by atoms with E-state index in [0.717, 1.165) is 12.8 Å². The Labute approximate surface area is 106 Å². The monoisotopic (exact) mass is 228 g/mol. The van der Waals surface area contributed by atoms with Crippen molar-refractivity contribution in [1.29, 1.82) is 0 Å². The quantitative estimate of drug-likeness (QED) is 0.395. The van der Waals surface area contributed by atoms with Gasteiger partial charge in [0.2, 0.25) is 0 Å². The van der Waals surface area contributed by atoms with Crippen molar-refractivity contribution in [3.05, 3.63) is 0 Å². The van der Waals surface area contributed by atoms with Crippen LogP contribution in [0.3, 0.4) is 0 Å². The van der Waals surface area contributed by atoms with E-state index >= 15 is 0 Å². The summed E-state index contributed by atoms with van der Waals surface area (Å²) in [7, 11) is -4.55. The molecule has 1 unspecified atom stereocenters. The fourth-order valence-electron chi connectivity index (χ4n) is 2.70. The first-order valence-electron chi connectivity index (χ1n) is 4.61. The van der Waals surface area contributed by atoms with Crippen LogP contribution in [0.5, 0.6) is 0 Å². The zero-order chi connectivity index (χ0) is 9.69. The molecule has 0 saturated heterocycles. The molecule has 0 amide bonds. The van der Waals surface area contributed by atoms with Gasteiger partial charge in [-0.2, -0.15) is 0 Å². The summed E-state index contributed by atoms with van der Waals surface area (Å²) in [6, 6.07) is 0. The van der Waals surface area contributed by atoms with E-state index in [1.807, 2.05) is 0 Å². The number of fused-ring (bicyclic) bond motifs is 3. The summed E-state index contributed by atoms with van der Waals surface area (Å²) in [5, 5.41) is 9.80. The predicted octanol–water partition coefficient (Wildman–Crippen LogP) is -2.57. The average Bonchev–Trinajstić information content (AvgIpc) is 2.04. The molecule has 2 bridgehead atoms. The van der Waals surface area contributed by atoms with E-state index < -0.39 is 15.1 Å². The second kappa shape index (κ2) is 4.03. The molecule has 0 spiro atoms. The summed E-state index contributed by atoms with van der Waals surface area (Å²) >= 11 is 0. The Hall–Kier alpha value is 0.870. The first-order valence-corrected chi connectivity index (χ1v) is 6.02. The molecule has 3 rings (SSSR count). The molecular formula is C8H13NaO4S. The minimum Gasteiger partial charge on any atom is -0.746 e. The van der Waals surface area contributed by atoms with Crippen molar-refractivity contribution in [3.63, 3.8) is 0 Å². The maximum atomic E-state index is 10.9. The van der Waals surface area contributed by atoms with Gasteiger partial charge in [-0.1, -0.05) is 0 Å². The molecule has 0 aromatic carbocycles. The van der Waals surface area contributed by atoms with Gasteiger partial charge in [0, 0.05) is 5.92 Å². The van der Waals surface area contributed by atoms with Crippen LogP contribution in [0.15, 0.2) is 0 Å². The SMILES string of the molecule is O=S(=O)([O-])C1(O)CC2CCC1CC2.[Na+]. The van der Waals surface area contributed by atoms with Gasteiger partial charge >= 0.3 is 29.6 Å². The first-order chi connectivity index (χ1) is 5.93. The van der Waals surface area contributed by atoms with E-state index in [4.69, 9.17) is 0 Å². The van der Waals surface area contributed by atoms with Crippen LogP contribution in [0, 0.1) is 11.8 Å². The van der Waals surface area contributed by atoms with Crippen LogP contribution >= 0.6 is 0 Å². The maximum absolute atomic E-state index is 10.9. The minimum atomic E-state index is -4.55. The summed E-state index contributed by atoms with van der Waals surface area (Å²) in [4.78, 5) is -1.95. The van der Waals surface area contributed by atoms with Crippen LogP contribution in [0.4, 0.5) is 0 Å². The Morgan fingerprint density at radius 2 is 1.71 bits per heavy atom. The second-order valence-electron chi connectivity index (χ2n) is 4.22. The summed E-state index contributed by atoms with van der Waals surface area (Å²) in [6.45, 7) is 0. The van der Waals surface area contributed by atoms with Crippen molar-refractivity contribution in [2.24, 2.45) is 11.8 Å². The van der Waals surface area contributed by atoms with Crippen LogP contribution in [0.2, 0.25) is 0 Å². The van der Waals surface area contributed by atoms with Crippen LogP contribution in [0.1, 0.15) is 32.1 Å². The Balaban J connectivity index is 0.000000980. The summed E-state index contributed by atoms with van der Waals surface area (Å²) in [5.74, 6) is -0.0845. The summed E-state index contributed by atoms with van der Waals surface area (Å²) < 4.78 is 32.7. The third kappa shape index (κ3) is 1.90. The Bertz CT molecular complexity index is 307. The van der Waals surface area contributed by atoms with E-state index in [2.05, 4.69) is 0 Å². The number of rotatable bonds is 1. The van der Waals surface area contributed by atoms with Crippen LogP contribution in [-0.4, -0.2) is 23.0 Å². The molecule has 3 fully saturated rings. The Morgan fingerprint density at radius 3 is 1.93 bits per heavy atom. The first kappa shape index (κ1) is 12.9. The molecule has 0 aromatic heterocycles. The molecule has 0 radical (unpaired) electrons. The topological polar surface area (TPSA) is 77.4 Å². The van der Waals surface area contributed by atoms with Gasteiger partial charge in [-0.15, -0.1) is 0 Å².